The Balaban J connectivity index is 0.000000276. The number of anilines is 1. The molecule has 0 fully saturated rings. The van der Waals surface area contributed by atoms with Crippen molar-refractivity contribution in [2.24, 2.45) is 0 Å². The number of nitrogens with zero attached hydrogens (tertiary/aromatic N) is 1. The zero-order valence-electron chi connectivity index (χ0n) is 34.1. The second-order valence-electron chi connectivity index (χ2n) is 15.8. The van der Waals surface area contributed by atoms with Crippen molar-refractivity contribution < 1.29 is 17.9 Å². The average Bonchev–Trinajstić information content (AvgIpc) is 3.03. The number of benzene rings is 4. The number of methoxy groups -OCH3 is 1. The van der Waals surface area contributed by atoms with Gasteiger partial charge in [0, 0.05) is 19.8 Å². The Kier molecular flexibility index (Phi) is 13.7. The van der Waals surface area contributed by atoms with Crippen LogP contribution in [-0.4, -0.2) is 21.2 Å². The van der Waals surface area contributed by atoms with E-state index >= 15 is 0 Å². The quantitative estimate of drug-likeness (QED) is 0.172. The third-order valence-corrected chi connectivity index (χ3v) is 10.1. The van der Waals surface area contributed by atoms with Crippen molar-refractivity contribution >= 4 is 5.69 Å². The van der Waals surface area contributed by atoms with E-state index in [4.69, 9.17) is 4.74 Å². The molecule has 0 aliphatic carbocycles. The van der Waals surface area contributed by atoms with Gasteiger partial charge in [0.15, 0.2) is 0 Å². The molecule has 0 radical (unpaired) electrons. The number of halogens is 3. The number of rotatable bonds is 9. The van der Waals surface area contributed by atoms with E-state index in [9.17, 15) is 13.2 Å². The molecule has 0 heterocycles. The SMILES string of the molecule is COc1ccc(C)c(-c2c(C(C)C)cc(C(F)(F)F)cc2C(C)C)c1C.Cc1c(-c2c(C(C)C)cc(C(C)C)cc2C(C)C)cccc1N(C)C. The minimum Gasteiger partial charge on any atom is -0.496 e. The number of hydrogen-bond donors (Lipinski definition) is 0. The third kappa shape index (κ3) is 9.20. The van der Waals surface area contributed by atoms with Crippen LogP contribution in [0.15, 0.2) is 54.6 Å². The van der Waals surface area contributed by atoms with Gasteiger partial charge in [0.1, 0.15) is 5.75 Å². The molecule has 2 nitrogen and oxygen atoms in total. The topological polar surface area (TPSA) is 12.5 Å². The summed E-state index contributed by atoms with van der Waals surface area (Å²) in [5.41, 5.74) is 14.7. The molecular weight excluding hydrogens is 640 g/mol. The lowest BCUT2D eigenvalue weighted by molar-refractivity contribution is -0.137. The van der Waals surface area contributed by atoms with Crippen molar-refractivity contribution in [3.05, 3.63) is 105 Å². The normalized spacial score (nSPS) is 11.9. The molecule has 4 rings (SSSR count). The van der Waals surface area contributed by atoms with Gasteiger partial charge < -0.3 is 9.64 Å². The second kappa shape index (κ2) is 16.7. The highest BCUT2D eigenvalue weighted by atomic mass is 19.4. The molecule has 0 aliphatic heterocycles. The molecule has 4 aromatic carbocycles. The van der Waals surface area contributed by atoms with Gasteiger partial charge in [0.25, 0.3) is 0 Å². The van der Waals surface area contributed by atoms with Gasteiger partial charge in [-0.15, -0.1) is 0 Å². The molecular formula is C46H62F3NO. The van der Waals surface area contributed by atoms with Crippen LogP contribution >= 0.6 is 0 Å². The first-order valence-corrected chi connectivity index (χ1v) is 18.5. The van der Waals surface area contributed by atoms with Crippen LogP contribution < -0.4 is 9.64 Å². The van der Waals surface area contributed by atoms with E-state index in [-0.39, 0.29) is 11.8 Å². The largest absolute Gasteiger partial charge is 0.496 e. The fraction of sp³-hybridized carbons (Fsp3) is 0.478. The highest BCUT2D eigenvalue weighted by Gasteiger charge is 2.33. The zero-order valence-corrected chi connectivity index (χ0v) is 34.1. The lowest BCUT2D eigenvalue weighted by Crippen LogP contribution is -2.11. The standard InChI is InChI=1S/C24H35N.C22H27F3O/c1-15(2)19-13-21(16(3)4)24(22(14-19)17(5)6)20-11-10-12-23(18(20)7)25(8)9;1-12(2)17-10-16(22(23,24)25)11-18(13(3)4)21(17)20-14(5)8-9-19(26-7)15(20)6/h10-17H,1-9H3;8-13H,1-7H3. The molecule has 0 amide bonds. The maximum absolute atomic E-state index is 13.5. The molecule has 0 aromatic heterocycles. The monoisotopic (exact) mass is 701 g/mol. The van der Waals surface area contributed by atoms with E-state index in [2.05, 4.69) is 97.8 Å². The predicted octanol–water partition coefficient (Wildman–Crippen LogP) is 14.3. The van der Waals surface area contributed by atoms with Crippen LogP contribution in [-0.2, 0) is 6.18 Å². The smallest absolute Gasteiger partial charge is 0.416 e. The van der Waals surface area contributed by atoms with Crippen LogP contribution in [0.5, 0.6) is 5.75 Å². The van der Waals surface area contributed by atoms with E-state index in [0.29, 0.717) is 17.8 Å². The van der Waals surface area contributed by atoms with Crippen molar-refractivity contribution in [2.45, 2.75) is 126 Å². The van der Waals surface area contributed by atoms with Gasteiger partial charge >= 0.3 is 6.18 Å². The zero-order chi connectivity index (χ0) is 38.7. The lowest BCUT2D eigenvalue weighted by Gasteiger charge is -2.26. The lowest BCUT2D eigenvalue weighted by atomic mass is 9.80. The molecule has 0 N–H and O–H groups in total. The van der Waals surface area contributed by atoms with Gasteiger partial charge in [0.2, 0.25) is 0 Å². The van der Waals surface area contributed by atoms with Crippen LogP contribution in [0.4, 0.5) is 18.9 Å². The highest BCUT2D eigenvalue weighted by Crippen LogP contribution is 2.45. The van der Waals surface area contributed by atoms with Gasteiger partial charge in [-0.05, 0) is 141 Å². The number of hydrogen-bond acceptors (Lipinski definition) is 2. The average molecular weight is 702 g/mol. The van der Waals surface area contributed by atoms with Crippen LogP contribution in [0.1, 0.15) is 149 Å². The maximum Gasteiger partial charge on any atom is 0.416 e. The Labute approximate surface area is 307 Å². The van der Waals surface area contributed by atoms with Crippen molar-refractivity contribution in [3.8, 4) is 28.0 Å². The van der Waals surface area contributed by atoms with Crippen molar-refractivity contribution in [3.63, 3.8) is 0 Å². The Morgan fingerprint density at radius 1 is 0.569 bits per heavy atom. The summed E-state index contributed by atoms with van der Waals surface area (Å²) in [6.07, 6.45) is -4.36. The van der Waals surface area contributed by atoms with Gasteiger partial charge in [-0.3, -0.25) is 0 Å². The number of alkyl halides is 3. The second-order valence-corrected chi connectivity index (χ2v) is 15.8. The minimum absolute atomic E-state index is 0.0326. The number of aryl methyl sites for hydroxylation is 1. The first kappa shape index (κ1) is 41.7. The summed E-state index contributed by atoms with van der Waals surface area (Å²) >= 11 is 0. The fourth-order valence-corrected chi connectivity index (χ4v) is 7.13. The van der Waals surface area contributed by atoms with Crippen molar-refractivity contribution in [2.75, 3.05) is 26.1 Å². The molecule has 51 heavy (non-hydrogen) atoms. The Morgan fingerprint density at radius 2 is 1.04 bits per heavy atom. The van der Waals surface area contributed by atoms with Gasteiger partial charge in [-0.2, -0.15) is 13.2 Å². The summed E-state index contributed by atoms with van der Waals surface area (Å²) in [7, 11) is 5.86. The van der Waals surface area contributed by atoms with Crippen molar-refractivity contribution in [1.82, 2.24) is 0 Å². The van der Waals surface area contributed by atoms with E-state index in [1.807, 2.05) is 53.7 Å². The number of ether oxygens (including phenoxy) is 1. The summed E-state index contributed by atoms with van der Waals surface area (Å²) in [5.74, 6) is 2.25. The van der Waals surface area contributed by atoms with Gasteiger partial charge in [-0.1, -0.05) is 99.6 Å². The summed E-state index contributed by atoms with van der Waals surface area (Å²) in [6, 6.07) is 18.1. The molecule has 0 saturated carbocycles. The Hall–Kier alpha value is -3.73. The summed E-state index contributed by atoms with van der Waals surface area (Å²) in [5, 5.41) is 0. The maximum atomic E-state index is 13.5. The van der Waals surface area contributed by atoms with E-state index in [1.165, 1.54) is 51.2 Å². The third-order valence-electron chi connectivity index (χ3n) is 10.1. The molecule has 5 heteroatoms. The summed E-state index contributed by atoms with van der Waals surface area (Å²) in [4.78, 5) is 2.21. The predicted molar refractivity (Wildman–Crippen MR) is 214 cm³/mol. The fourth-order valence-electron chi connectivity index (χ4n) is 7.13. The van der Waals surface area contributed by atoms with E-state index < -0.39 is 11.7 Å². The first-order valence-electron chi connectivity index (χ1n) is 18.5. The van der Waals surface area contributed by atoms with Crippen LogP contribution in [0.25, 0.3) is 22.3 Å². The van der Waals surface area contributed by atoms with Gasteiger partial charge in [-0.25, -0.2) is 0 Å². The molecule has 0 bridgehead atoms. The molecule has 0 spiro atoms. The molecule has 0 aliphatic rings. The molecule has 0 atom stereocenters. The molecule has 0 unspecified atom stereocenters. The Morgan fingerprint density at radius 3 is 1.43 bits per heavy atom. The van der Waals surface area contributed by atoms with E-state index in [0.717, 1.165) is 39.1 Å². The van der Waals surface area contributed by atoms with E-state index in [1.54, 1.807) is 7.11 Å². The summed E-state index contributed by atoms with van der Waals surface area (Å²) < 4.78 is 45.9. The first-order chi connectivity index (χ1) is 23.6. The van der Waals surface area contributed by atoms with Crippen molar-refractivity contribution in [1.29, 1.82) is 0 Å². The summed E-state index contributed by atoms with van der Waals surface area (Å²) in [6.45, 7) is 27.8. The van der Waals surface area contributed by atoms with Crippen LogP contribution in [0.2, 0.25) is 0 Å². The van der Waals surface area contributed by atoms with Crippen LogP contribution in [0, 0.1) is 20.8 Å². The van der Waals surface area contributed by atoms with Crippen LogP contribution in [0.3, 0.4) is 0 Å². The Bertz CT molecular complexity index is 1750. The molecule has 278 valence electrons. The minimum atomic E-state index is -4.36. The highest BCUT2D eigenvalue weighted by molar-refractivity contribution is 5.81. The van der Waals surface area contributed by atoms with Gasteiger partial charge in [0.05, 0.1) is 12.7 Å². The molecule has 4 aromatic rings. The molecule has 0 saturated heterocycles.